The van der Waals surface area contributed by atoms with Crippen molar-refractivity contribution in [2.45, 2.75) is 13.5 Å². The topological polar surface area (TPSA) is 33.2 Å². The highest BCUT2D eigenvalue weighted by molar-refractivity contribution is 5.92. The lowest BCUT2D eigenvalue weighted by molar-refractivity contribution is 0.0745. The van der Waals surface area contributed by atoms with E-state index in [2.05, 4.69) is 4.98 Å². The van der Waals surface area contributed by atoms with Crippen LogP contribution >= 0.6 is 0 Å². The van der Waals surface area contributed by atoms with Crippen molar-refractivity contribution < 1.29 is 13.6 Å². The molecule has 0 spiro atoms. The normalized spacial score (nSPS) is 10.3. The van der Waals surface area contributed by atoms with E-state index < -0.39 is 5.95 Å². The van der Waals surface area contributed by atoms with Crippen LogP contribution in [0.3, 0.4) is 0 Å². The van der Waals surface area contributed by atoms with Crippen molar-refractivity contribution in [1.29, 1.82) is 0 Å². The van der Waals surface area contributed by atoms with Gasteiger partial charge in [0.2, 0.25) is 5.95 Å². The molecule has 0 fully saturated rings. The summed E-state index contributed by atoms with van der Waals surface area (Å²) in [5.74, 6) is -1.43. The molecule has 1 heterocycles. The van der Waals surface area contributed by atoms with Gasteiger partial charge in [0, 0.05) is 13.1 Å². The van der Waals surface area contributed by atoms with Gasteiger partial charge in [-0.15, -0.1) is 0 Å². The maximum atomic E-state index is 13.1. The molecular weight excluding hydrogens is 262 g/mol. The van der Waals surface area contributed by atoms with Crippen molar-refractivity contribution >= 4 is 5.91 Å². The zero-order valence-corrected chi connectivity index (χ0v) is 11.0. The molecule has 1 aromatic heterocycles. The van der Waals surface area contributed by atoms with E-state index in [0.29, 0.717) is 12.1 Å². The number of nitrogens with zero attached hydrogens (tertiary/aromatic N) is 2. The van der Waals surface area contributed by atoms with E-state index in [-0.39, 0.29) is 24.0 Å². The summed E-state index contributed by atoms with van der Waals surface area (Å²) in [4.78, 5) is 17.3. The van der Waals surface area contributed by atoms with Gasteiger partial charge < -0.3 is 4.90 Å². The fourth-order valence-corrected chi connectivity index (χ4v) is 1.87. The molecule has 0 N–H and O–H groups in total. The predicted octanol–water partition coefficient (Wildman–Crippen LogP) is 3.02. The van der Waals surface area contributed by atoms with Crippen LogP contribution in [0.1, 0.15) is 23.0 Å². The average Bonchev–Trinajstić information content (AvgIpc) is 2.44. The Balaban J connectivity index is 2.18. The van der Waals surface area contributed by atoms with E-state index in [1.54, 1.807) is 19.1 Å². The van der Waals surface area contributed by atoms with Crippen molar-refractivity contribution in [2.75, 3.05) is 6.54 Å². The number of carbonyl (C=O) groups is 1. The van der Waals surface area contributed by atoms with Crippen molar-refractivity contribution in [3.63, 3.8) is 0 Å². The van der Waals surface area contributed by atoms with Crippen molar-refractivity contribution in [3.05, 3.63) is 65.5 Å². The summed E-state index contributed by atoms with van der Waals surface area (Å²) in [6, 6.07) is 10.1. The van der Waals surface area contributed by atoms with Crippen molar-refractivity contribution in [3.8, 4) is 0 Å². The Morgan fingerprint density at radius 1 is 1.20 bits per heavy atom. The van der Waals surface area contributed by atoms with Gasteiger partial charge in [-0.2, -0.15) is 4.39 Å². The maximum absolute atomic E-state index is 13.1. The second-order valence-electron chi connectivity index (χ2n) is 4.29. The second kappa shape index (κ2) is 6.23. The molecule has 2 rings (SSSR count). The minimum Gasteiger partial charge on any atom is -0.333 e. The molecule has 0 atom stereocenters. The summed E-state index contributed by atoms with van der Waals surface area (Å²) in [7, 11) is 0. The highest BCUT2D eigenvalue weighted by Crippen LogP contribution is 2.10. The van der Waals surface area contributed by atoms with Crippen LogP contribution in [-0.2, 0) is 6.54 Å². The summed E-state index contributed by atoms with van der Waals surface area (Å²) < 4.78 is 26.2. The van der Waals surface area contributed by atoms with E-state index in [4.69, 9.17) is 0 Å². The Kier molecular flexibility index (Phi) is 4.40. The third kappa shape index (κ3) is 3.38. The monoisotopic (exact) mass is 276 g/mol. The van der Waals surface area contributed by atoms with Gasteiger partial charge in [-0.3, -0.25) is 4.79 Å². The van der Waals surface area contributed by atoms with Gasteiger partial charge in [-0.1, -0.05) is 18.2 Å². The molecule has 5 heteroatoms. The maximum Gasteiger partial charge on any atom is 0.272 e. The number of amides is 1. The number of aromatic nitrogens is 1. The number of hydrogen-bond donors (Lipinski definition) is 0. The number of carbonyl (C=O) groups excluding carboxylic acids is 1. The van der Waals surface area contributed by atoms with Gasteiger partial charge in [0.15, 0.2) is 0 Å². The molecule has 104 valence electrons. The van der Waals surface area contributed by atoms with Crippen LogP contribution < -0.4 is 0 Å². The minimum atomic E-state index is -0.697. The Hall–Kier alpha value is -2.30. The Morgan fingerprint density at radius 3 is 2.60 bits per heavy atom. The summed E-state index contributed by atoms with van der Waals surface area (Å²) in [6.45, 7) is 2.48. The molecule has 2 aromatic rings. The average molecular weight is 276 g/mol. The molecular formula is C15H14F2N2O. The van der Waals surface area contributed by atoms with Crippen molar-refractivity contribution in [2.24, 2.45) is 0 Å². The molecule has 0 aliphatic carbocycles. The molecule has 0 saturated carbocycles. The van der Waals surface area contributed by atoms with E-state index in [9.17, 15) is 13.6 Å². The standard InChI is InChI=1S/C15H14F2N2O/c1-2-19(10-11-5-3-6-12(16)9-11)15(20)13-7-4-8-14(17)18-13/h3-9H,2,10H2,1H3. The van der Waals surface area contributed by atoms with Gasteiger partial charge >= 0.3 is 0 Å². The van der Waals surface area contributed by atoms with E-state index in [0.717, 1.165) is 0 Å². The molecule has 20 heavy (non-hydrogen) atoms. The lowest BCUT2D eigenvalue weighted by Crippen LogP contribution is -2.31. The first-order chi connectivity index (χ1) is 9.60. The summed E-state index contributed by atoms with van der Waals surface area (Å²) >= 11 is 0. The zero-order valence-electron chi connectivity index (χ0n) is 11.0. The van der Waals surface area contributed by atoms with Gasteiger partial charge in [0.1, 0.15) is 11.5 Å². The first-order valence-electron chi connectivity index (χ1n) is 6.26. The Labute approximate surface area is 115 Å². The number of benzene rings is 1. The quantitative estimate of drug-likeness (QED) is 0.804. The van der Waals surface area contributed by atoms with Crippen LogP contribution in [0.4, 0.5) is 8.78 Å². The highest BCUT2D eigenvalue weighted by atomic mass is 19.1. The number of hydrogen-bond acceptors (Lipinski definition) is 2. The third-order valence-electron chi connectivity index (χ3n) is 2.87. The number of pyridine rings is 1. The fraction of sp³-hybridized carbons (Fsp3) is 0.200. The molecule has 1 amide bonds. The van der Waals surface area contributed by atoms with Gasteiger partial charge in [0.05, 0.1) is 0 Å². The Morgan fingerprint density at radius 2 is 1.95 bits per heavy atom. The van der Waals surface area contributed by atoms with Crippen LogP contribution in [0.2, 0.25) is 0 Å². The van der Waals surface area contributed by atoms with Crippen LogP contribution in [0, 0.1) is 11.8 Å². The highest BCUT2D eigenvalue weighted by Gasteiger charge is 2.16. The zero-order chi connectivity index (χ0) is 14.5. The van der Waals surface area contributed by atoms with Crippen LogP contribution in [0.15, 0.2) is 42.5 Å². The molecule has 0 bridgehead atoms. The van der Waals surface area contributed by atoms with Crippen LogP contribution in [0.5, 0.6) is 0 Å². The smallest absolute Gasteiger partial charge is 0.272 e. The van der Waals surface area contributed by atoms with E-state index >= 15 is 0 Å². The predicted molar refractivity (Wildman–Crippen MR) is 71.0 cm³/mol. The first kappa shape index (κ1) is 14.1. The van der Waals surface area contributed by atoms with Crippen LogP contribution in [-0.4, -0.2) is 22.3 Å². The van der Waals surface area contributed by atoms with E-state index in [1.807, 2.05) is 0 Å². The summed E-state index contributed by atoms with van der Waals surface area (Å²) in [6.07, 6.45) is 0. The van der Waals surface area contributed by atoms with Crippen molar-refractivity contribution in [1.82, 2.24) is 9.88 Å². The molecule has 0 aliphatic rings. The molecule has 0 radical (unpaired) electrons. The van der Waals surface area contributed by atoms with Gasteiger partial charge in [-0.25, -0.2) is 9.37 Å². The van der Waals surface area contributed by atoms with Crippen LogP contribution in [0.25, 0.3) is 0 Å². The lowest BCUT2D eigenvalue weighted by atomic mass is 10.2. The second-order valence-corrected chi connectivity index (χ2v) is 4.29. The lowest BCUT2D eigenvalue weighted by Gasteiger charge is -2.20. The van der Waals surface area contributed by atoms with Gasteiger partial charge in [0.25, 0.3) is 5.91 Å². The van der Waals surface area contributed by atoms with E-state index in [1.165, 1.54) is 35.2 Å². The molecule has 0 saturated heterocycles. The molecule has 0 aliphatic heterocycles. The molecule has 3 nitrogen and oxygen atoms in total. The Bertz CT molecular complexity index is 616. The SMILES string of the molecule is CCN(Cc1cccc(F)c1)C(=O)c1cccc(F)n1. The number of halogens is 2. The largest absolute Gasteiger partial charge is 0.333 e. The van der Waals surface area contributed by atoms with Gasteiger partial charge in [-0.05, 0) is 36.8 Å². The minimum absolute atomic E-state index is 0.0447. The number of rotatable bonds is 4. The molecule has 1 aromatic carbocycles. The molecule has 0 unspecified atom stereocenters. The third-order valence-corrected chi connectivity index (χ3v) is 2.87. The first-order valence-corrected chi connectivity index (χ1v) is 6.26. The fourth-order valence-electron chi connectivity index (χ4n) is 1.87. The summed E-state index contributed by atoms with van der Waals surface area (Å²) in [5.41, 5.74) is 0.722. The summed E-state index contributed by atoms with van der Waals surface area (Å²) in [5, 5.41) is 0.